The highest BCUT2D eigenvalue weighted by Gasteiger charge is 2.15. The molecule has 0 saturated heterocycles. The predicted octanol–water partition coefficient (Wildman–Crippen LogP) is 1.41. The first-order valence-corrected chi connectivity index (χ1v) is 9.30. The lowest BCUT2D eigenvalue weighted by Gasteiger charge is -2.08. The van der Waals surface area contributed by atoms with Gasteiger partial charge in [-0.1, -0.05) is 13.8 Å². The first-order chi connectivity index (χ1) is 8.63. The van der Waals surface area contributed by atoms with Gasteiger partial charge in [-0.05, 0) is 36.6 Å². The molecule has 108 valence electrons. The van der Waals surface area contributed by atoms with Gasteiger partial charge in [-0.25, -0.2) is 21.6 Å². The summed E-state index contributed by atoms with van der Waals surface area (Å²) in [6.45, 7) is 4.39. The largest absolute Gasteiger partial charge is 0.240 e. The van der Waals surface area contributed by atoms with Gasteiger partial charge in [-0.15, -0.1) is 0 Å². The number of nitrogens with one attached hydrogen (secondary N) is 1. The molecule has 0 bridgehead atoms. The van der Waals surface area contributed by atoms with Gasteiger partial charge >= 0.3 is 0 Å². The molecule has 0 aliphatic heterocycles. The Kier molecular flexibility index (Phi) is 5.11. The summed E-state index contributed by atoms with van der Waals surface area (Å²) in [5, 5.41) is 0. The number of rotatable bonds is 6. The summed E-state index contributed by atoms with van der Waals surface area (Å²) in [6.07, 6.45) is 1.83. The van der Waals surface area contributed by atoms with E-state index in [9.17, 15) is 16.8 Å². The van der Waals surface area contributed by atoms with Gasteiger partial charge in [-0.2, -0.15) is 0 Å². The molecule has 0 aliphatic rings. The minimum Gasteiger partial charge on any atom is -0.224 e. The molecule has 0 radical (unpaired) electrons. The fourth-order valence-electron chi connectivity index (χ4n) is 1.43. The van der Waals surface area contributed by atoms with Gasteiger partial charge in [0, 0.05) is 12.8 Å². The van der Waals surface area contributed by atoms with Crippen LogP contribution in [0.4, 0.5) is 0 Å². The quantitative estimate of drug-likeness (QED) is 0.862. The molecule has 0 spiro atoms. The van der Waals surface area contributed by atoms with Gasteiger partial charge in [0.05, 0.1) is 9.79 Å². The van der Waals surface area contributed by atoms with Crippen LogP contribution < -0.4 is 4.72 Å². The Balaban J connectivity index is 2.85. The van der Waals surface area contributed by atoms with Gasteiger partial charge in [0.15, 0.2) is 9.84 Å². The van der Waals surface area contributed by atoms with Crippen molar-refractivity contribution in [2.75, 3.05) is 12.8 Å². The van der Waals surface area contributed by atoms with Crippen LogP contribution in [0.5, 0.6) is 0 Å². The Hall–Kier alpha value is -0.920. The molecule has 1 aromatic rings. The first-order valence-electron chi connectivity index (χ1n) is 5.93. The van der Waals surface area contributed by atoms with Gasteiger partial charge in [0.25, 0.3) is 0 Å². The van der Waals surface area contributed by atoms with Crippen LogP contribution in [-0.2, 0) is 19.9 Å². The number of benzene rings is 1. The van der Waals surface area contributed by atoms with E-state index in [4.69, 9.17) is 0 Å². The third-order valence-electron chi connectivity index (χ3n) is 2.58. The van der Waals surface area contributed by atoms with Crippen molar-refractivity contribution < 1.29 is 16.8 Å². The Morgan fingerprint density at radius 2 is 1.47 bits per heavy atom. The summed E-state index contributed by atoms with van der Waals surface area (Å²) in [5.41, 5.74) is 0. The third kappa shape index (κ3) is 4.93. The van der Waals surface area contributed by atoms with Crippen LogP contribution in [0.15, 0.2) is 34.1 Å². The van der Waals surface area contributed by atoms with Crippen molar-refractivity contribution in [2.24, 2.45) is 5.92 Å². The molecule has 0 saturated carbocycles. The maximum atomic E-state index is 11.9. The molecule has 0 amide bonds. The number of sulfone groups is 1. The van der Waals surface area contributed by atoms with E-state index < -0.39 is 19.9 Å². The van der Waals surface area contributed by atoms with E-state index in [-0.39, 0.29) is 9.79 Å². The maximum Gasteiger partial charge on any atom is 0.240 e. The zero-order valence-corrected chi connectivity index (χ0v) is 12.9. The SMILES string of the molecule is CC(C)CCNS(=O)(=O)c1ccc(S(C)(=O)=O)cc1. The van der Waals surface area contributed by atoms with Gasteiger partial charge < -0.3 is 0 Å². The minimum atomic E-state index is -3.56. The van der Waals surface area contributed by atoms with Crippen LogP contribution in [0.25, 0.3) is 0 Å². The normalized spacial score (nSPS) is 12.8. The highest BCUT2D eigenvalue weighted by atomic mass is 32.2. The number of hydrogen-bond acceptors (Lipinski definition) is 4. The van der Waals surface area contributed by atoms with Gasteiger partial charge in [-0.3, -0.25) is 0 Å². The van der Waals surface area contributed by atoms with Crippen molar-refractivity contribution >= 4 is 19.9 Å². The van der Waals surface area contributed by atoms with E-state index in [2.05, 4.69) is 4.72 Å². The van der Waals surface area contributed by atoms with Crippen molar-refractivity contribution in [3.63, 3.8) is 0 Å². The average molecular weight is 305 g/mol. The van der Waals surface area contributed by atoms with Gasteiger partial charge in [0.2, 0.25) is 10.0 Å². The Bertz CT molecular complexity index is 616. The van der Waals surface area contributed by atoms with E-state index in [0.717, 1.165) is 12.7 Å². The molecule has 5 nitrogen and oxygen atoms in total. The van der Waals surface area contributed by atoms with E-state index in [1.165, 1.54) is 24.3 Å². The molecular formula is C12H19NO4S2. The second-order valence-electron chi connectivity index (χ2n) is 4.82. The maximum absolute atomic E-state index is 11.9. The molecular weight excluding hydrogens is 286 g/mol. The summed E-state index contributed by atoms with van der Waals surface area (Å²) >= 11 is 0. The summed E-state index contributed by atoms with van der Waals surface area (Å²) < 4.78 is 48.9. The van der Waals surface area contributed by atoms with Crippen molar-refractivity contribution in [2.45, 2.75) is 30.1 Å². The smallest absolute Gasteiger partial charge is 0.224 e. The van der Waals surface area contributed by atoms with Crippen molar-refractivity contribution in [3.05, 3.63) is 24.3 Å². The number of hydrogen-bond donors (Lipinski definition) is 1. The third-order valence-corrected chi connectivity index (χ3v) is 5.18. The highest BCUT2D eigenvalue weighted by Crippen LogP contribution is 2.14. The second-order valence-corrected chi connectivity index (χ2v) is 8.61. The molecule has 1 aromatic carbocycles. The van der Waals surface area contributed by atoms with Crippen molar-refractivity contribution in [1.82, 2.24) is 4.72 Å². The van der Waals surface area contributed by atoms with Gasteiger partial charge in [0.1, 0.15) is 0 Å². The average Bonchev–Trinajstić information content (AvgIpc) is 2.27. The van der Waals surface area contributed by atoms with Crippen LogP contribution in [0, 0.1) is 5.92 Å². The lowest BCUT2D eigenvalue weighted by molar-refractivity contribution is 0.551. The second kappa shape index (κ2) is 6.02. The molecule has 19 heavy (non-hydrogen) atoms. The van der Waals surface area contributed by atoms with Crippen LogP contribution in [0.1, 0.15) is 20.3 Å². The molecule has 0 aliphatic carbocycles. The highest BCUT2D eigenvalue weighted by molar-refractivity contribution is 7.90. The van der Waals surface area contributed by atoms with E-state index in [1.54, 1.807) is 0 Å². The molecule has 1 N–H and O–H groups in total. The van der Waals surface area contributed by atoms with E-state index >= 15 is 0 Å². The zero-order valence-electron chi connectivity index (χ0n) is 11.3. The van der Waals surface area contributed by atoms with Crippen LogP contribution in [0.2, 0.25) is 0 Å². The summed E-state index contributed by atoms with van der Waals surface area (Å²) in [4.78, 5) is 0.178. The zero-order chi connectivity index (χ0) is 14.7. The molecule has 0 fully saturated rings. The summed E-state index contributed by atoms with van der Waals surface area (Å²) in [6, 6.07) is 5.20. The molecule has 0 atom stereocenters. The monoisotopic (exact) mass is 305 g/mol. The van der Waals surface area contributed by atoms with Crippen molar-refractivity contribution in [3.8, 4) is 0 Å². The van der Waals surface area contributed by atoms with Crippen LogP contribution >= 0.6 is 0 Å². The predicted molar refractivity (Wildman–Crippen MR) is 74.2 cm³/mol. The molecule has 7 heteroatoms. The molecule has 0 heterocycles. The Morgan fingerprint density at radius 1 is 1.00 bits per heavy atom. The summed E-state index contributed by atoms with van der Waals surface area (Å²) in [7, 11) is -6.87. The van der Waals surface area contributed by atoms with Crippen molar-refractivity contribution in [1.29, 1.82) is 0 Å². The topological polar surface area (TPSA) is 80.3 Å². The Morgan fingerprint density at radius 3 is 1.89 bits per heavy atom. The number of sulfonamides is 1. The lowest BCUT2D eigenvalue weighted by Crippen LogP contribution is -2.25. The fraction of sp³-hybridized carbons (Fsp3) is 0.500. The molecule has 1 rings (SSSR count). The lowest BCUT2D eigenvalue weighted by atomic mass is 10.1. The Labute approximate surface area is 115 Å². The van der Waals surface area contributed by atoms with E-state index in [1.807, 2.05) is 13.8 Å². The fourth-order valence-corrected chi connectivity index (χ4v) is 3.11. The van der Waals surface area contributed by atoms with Crippen LogP contribution in [0.3, 0.4) is 0 Å². The van der Waals surface area contributed by atoms with E-state index in [0.29, 0.717) is 12.5 Å². The summed E-state index contributed by atoms with van der Waals surface area (Å²) in [5.74, 6) is 0.412. The minimum absolute atomic E-state index is 0.0728. The van der Waals surface area contributed by atoms with Crippen LogP contribution in [-0.4, -0.2) is 29.6 Å². The standard InChI is InChI=1S/C12H19NO4S2/c1-10(2)8-9-13-19(16,17)12-6-4-11(5-7-12)18(3,14)15/h4-7,10,13H,8-9H2,1-3H3. The molecule has 0 unspecified atom stereocenters. The molecule has 0 aromatic heterocycles. The first kappa shape index (κ1) is 16.1.